The second kappa shape index (κ2) is 9.82. The normalized spacial score (nSPS) is 14.4. The van der Waals surface area contributed by atoms with Crippen LogP contribution >= 0.6 is 0 Å². The van der Waals surface area contributed by atoms with Crippen LogP contribution in [-0.4, -0.2) is 21.5 Å². The number of halogens is 1. The summed E-state index contributed by atoms with van der Waals surface area (Å²) in [4.78, 5) is 15.3. The number of urea groups is 1. The van der Waals surface area contributed by atoms with Gasteiger partial charge in [-0.3, -0.25) is 0 Å². The lowest BCUT2D eigenvalue weighted by Gasteiger charge is -2.34. The van der Waals surface area contributed by atoms with Gasteiger partial charge in [0.1, 0.15) is 5.82 Å². The van der Waals surface area contributed by atoms with Crippen molar-refractivity contribution < 1.29 is 9.18 Å². The van der Waals surface area contributed by atoms with Crippen LogP contribution in [0.2, 0.25) is 0 Å². The van der Waals surface area contributed by atoms with Gasteiger partial charge in [-0.25, -0.2) is 9.18 Å². The Labute approximate surface area is 183 Å². The fourth-order valence-electron chi connectivity index (χ4n) is 4.39. The van der Waals surface area contributed by atoms with Crippen LogP contribution in [0.1, 0.15) is 48.9 Å². The van der Waals surface area contributed by atoms with Gasteiger partial charge in [-0.15, -0.1) is 0 Å². The second-order valence-electron chi connectivity index (χ2n) is 8.47. The van der Waals surface area contributed by atoms with E-state index in [-0.39, 0.29) is 17.9 Å². The van der Waals surface area contributed by atoms with Gasteiger partial charge in [0, 0.05) is 30.2 Å². The highest BCUT2D eigenvalue weighted by atomic mass is 19.1. The number of carbonyl (C=O) groups is 1. The van der Waals surface area contributed by atoms with E-state index in [1.165, 1.54) is 18.6 Å². The van der Waals surface area contributed by atoms with E-state index >= 15 is 0 Å². The van der Waals surface area contributed by atoms with Crippen molar-refractivity contribution in [2.24, 2.45) is 0 Å². The third kappa shape index (κ3) is 5.54. The van der Waals surface area contributed by atoms with E-state index in [4.69, 9.17) is 0 Å². The molecule has 1 aromatic heterocycles. The van der Waals surface area contributed by atoms with Gasteiger partial charge < -0.3 is 14.8 Å². The maximum atomic E-state index is 13.3. The Bertz CT molecular complexity index is 1010. The van der Waals surface area contributed by atoms with Crippen LogP contribution in [0.25, 0.3) is 0 Å². The fraction of sp³-hybridized carbons (Fsp3) is 0.346. The maximum Gasteiger partial charge on any atom is 0.322 e. The van der Waals surface area contributed by atoms with E-state index in [9.17, 15) is 9.18 Å². The Morgan fingerprint density at radius 1 is 1.06 bits per heavy atom. The summed E-state index contributed by atoms with van der Waals surface area (Å²) in [7, 11) is 0. The Morgan fingerprint density at radius 3 is 2.58 bits per heavy atom. The van der Waals surface area contributed by atoms with Crippen molar-refractivity contribution in [1.29, 1.82) is 0 Å². The van der Waals surface area contributed by atoms with Crippen LogP contribution in [0.3, 0.4) is 0 Å². The van der Waals surface area contributed by atoms with E-state index < -0.39 is 0 Å². The molecule has 0 radical (unpaired) electrons. The van der Waals surface area contributed by atoms with Crippen LogP contribution < -0.4 is 5.32 Å². The summed E-state index contributed by atoms with van der Waals surface area (Å²) in [5, 5.41) is 3.10. The molecule has 0 aliphatic heterocycles. The summed E-state index contributed by atoms with van der Waals surface area (Å²) in [5.74, 6) is -0.229. The van der Waals surface area contributed by atoms with Crippen molar-refractivity contribution in [3.8, 4) is 0 Å². The molecule has 31 heavy (non-hydrogen) atoms. The van der Waals surface area contributed by atoms with Crippen molar-refractivity contribution >= 4 is 11.7 Å². The lowest BCUT2D eigenvalue weighted by Crippen LogP contribution is -2.43. The number of nitrogens with one attached hydrogen (secondary N) is 1. The molecule has 1 aliphatic carbocycles. The zero-order valence-corrected chi connectivity index (χ0v) is 18.1. The van der Waals surface area contributed by atoms with Crippen LogP contribution in [0.4, 0.5) is 14.9 Å². The molecule has 1 saturated carbocycles. The maximum absolute atomic E-state index is 13.3. The number of nitrogens with zero attached hydrogens (tertiary/aromatic N) is 2. The molecular weight excluding hydrogens is 389 g/mol. The first-order valence-corrected chi connectivity index (χ1v) is 11.1. The van der Waals surface area contributed by atoms with E-state index in [0.29, 0.717) is 13.1 Å². The van der Waals surface area contributed by atoms with Crippen LogP contribution in [0.15, 0.2) is 66.9 Å². The Kier molecular flexibility index (Phi) is 6.70. The molecule has 4 rings (SSSR count). The molecule has 4 nitrogen and oxygen atoms in total. The summed E-state index contributed by atoms with van der Waals surface area (Å²) in [6, 6.07) is 18.8. The number of aromatic nitrogens is 1. The Morgan fingerprint density at radius 2 is 1.84 bits per heavy atom. The number of carbonyl (C=O) groups excluding carboxylic acids is 1. The molecule has 2 amide bonds. The SMILES string of the molecule is Cc1cccc(NC(=O)N(Cc2cccn2Cc2ccc(F)cc2)C2CCCCC2)c1. The molecule has 2 aromatic carbocycles. The first-order valence-electron chi connectivity index (χ1n) is 11.1. The molecular formula is C26H30FN3O. The zero-order chi connectivity index (χ0) is 21.6. The highest BCUT2D eigenvalue weighted by Crippen LogP contribution is 2.25. The fourth-order valence-corrected chi connectivity index (χ4v) is 4.39. The summed E-state index contributed by atoms with van der Waals surface area (Å²) in [5.41, 5.74) is 4.06. The number of amides is 2. The van der Waals surface area contributed by atoms with Gasteiger partial charge >= 0.3 is 6.03 Å². The largest absolute Gasteiger partial charge is 0.345 e. The molecule has 3 aromatic rings. The monoisotopic (exact) mass is 419 g/mol. The topological polar surface area (TPSA) is 37.3 Å². The number of aryl methyl sites for hydroxylation is 1. The smallest absolute Gasteiger partial charge is 0.322 e. The van der Waals surface area contributed by atoms with Crippen LogP contribution in [0.5, 0.6) is 0 Å². The molecule has 5 heteroatoms. The van der Waals surface area contributed by atoms with Gasteiger partial charge in [-0.05, 0) is 67.3 Å². The summed E-state index contributed by atoms with van der Waals surface area (Å²) >= 11 is 0. The first kappa shape index (κ1) is 21.2. The number of rotatable bonds is 6. The van der Waals surface area contributed by atoms with E-state index in [2.05, 4.69) is 16.0 Å². The minimum Gasteiger partial charge on any atom is -0.345 e. The third-order valence-electron chi connectivity index (χ3n) is 6.07. The second-order valence-corrected chi connectivity index (χ2v) is 8.47. The standard InChI is InChI=1S/C26H30FN3O/c1-20-7-5-8-23(17-20)28-26(31)30(24-9-3-2-4-10-24)19-25-11-6-16-29(25)18-21-12-14-22(27)15-13-21/h5-8,11-17,24H,2-4,9-10,18-19H2,1H3,(H,28,31). The molecule has 0 atom stereocenters. The predicted octanol–water partition coefficient (Wildman–Crippen LogP) is 6.35. The summed E-state index contributed by atoms with van der Waals surface area (Å²) in [6.07, 6.45) is 7.67. The van der Waals surface area contributed by atoms with Crippen LogP contribution in [0, 0.1) is 12.7 Å². The quantitative estimate of drug-likeness (QED) is 0.497. The average molecular weight is 420 g/mol. The summed E-state index contributed by atoms with van der Waals surface area (Å²) < 4.78 is 15.4. The number of hydrogen-bond acceptors (Lipinski definition) is 1. The molecule has 0 unspecified atom stereocenters. The van der Waals surface area contributed by atoms with Crippen molar-refractivity contribution in [3.63, 3.8) is 0 Å². The van der Waals surface area contributed by atoms with Gasteiger partial charge in [-0.2, -0.15) is 0 Å². The third-order valence-corrected chi connectivity index (χ3v) is 6.07. The van der Waals surface area contributed by atoms with Crippen molar-refractivity contribution in [1.82, 2.24) is 9.47 Å². The van der Waals surface area contributed by atoms with Gasteiger partial charge in [-0.1, -0.05) is 43.5 Å². The lowest BCUT2D eigenvalue weighted by molar-refractivity contribution is 0.161. The Balaban J connectivity index is 1.53. The summed E-state index contributed by atoms with van der Waals surface area (Å²) in [6.45, 7) is 3.23. The molecule has 1 N–H and O–H groups in total. The average Bonchev–Trinajstić information content (AvgIpc) is 3.21. The molecule has 162 valence electrons. The molecule has 1 heterocycles. The van der Waals surface area contributed by atoms with Crippen molar-refractivity contribution in [2.75, 3.05) is 5.32 Å². The van der Waals surface area contributed by atoms with E-state index in [1.807, 2.05) is 60.5 Å². The molecule has 0 bridgehead atoms. The Hall–Kier alpha value is -3.08. The number of hydrogen-bond donors (Lipinski definition) is 1. The number of anilines is 1. The first-order chi connectivity index (χ1) is 15.1. The highest BCUT2D eigenvalue weighted by molar-refractivity contribution is 5.89. The minimum atomic E-state index is -0.229. The van der Waals surface area contributed by atoms with Gasteiger partial charge in [0.25, 0.3) is 0 Å². The van der Waals surface area contributed by atoms with Gasteiger partial charge in [0.05, 0.1) is 6.54 Å². The van der Waals surface area contributed by atoms with Crippen molar-refractivity contribution in [3.05, 3.63) is 89.5 Å². The molecule has 1 aliphatic rings. The van der Waals surface area contributed by atoms with Gasteiger partial charge in [0.2, 0.25) is 0 Å². The van der Waals surface area contributed by atoms with Crippen molar-refractivity contribution in [2.45, 2.75) is 58.2 Å². The highest BCUT2D eigenvalue weighted by Gasteiger charge is 2.26. The molecule has 1 fully saturated rings. The molecule has 0 spiro atoms. The predicted molar refractivity (Wildman–Crippen MR) is 123 cm³/mol. The minimum absolute atomic E-state index is 0.0490. The van der Waals surface area contributed by atoms with E-state index in [1.54, 1.807) is 0 Å². The molecule has 0 saturated heterocycles. The van der Waals surface area contributed by atoms with E-state index in [0.717, 1.165) is 48.2 Å². The lowest BCUT2D eigenvalue weighted by atomic mass is 9.94. The van der Waals surface area contributed by atoms with Crippen LogP contribution in [-0.2, 0) is 13.1 Å². The zero-order valence-electron chi connectivity index (χ0n) is 18.1. The van der Waals surface area contributed by atoms with Gasteiger partial charge in [0.15, 0.2) is 0 Å². The number of benzene rings is 2.